The lowest BCUT2D eigenvalue weighted by atomic mass is 10.1. The van der Waals surface area contributed by atoms with Crippen LogP contribution in [0.1, 0.15) is 11.3 Å². The number of rotatable bonds is 2. The molecule has 0 aliphatic carbocycles. The zero-order chi connectivity index (χ0) is 16.7. The van der Waals surface area contributed by atoms with E-state index in [1.165, 1.54) is 5.56 Å². The lowest BCUT2D eigenvalue weighted by Crippen LogP contribution is -1.95. The molecule has 0 bridgehead atoms. The number of fused-ring (bicyclic) bond motifs is 1. The number of hydrogen-bond donors (Lipinski definition) is 0. The van der Waals surface area contributed by atoms with E-state index in [-0.39, 0.29) is 0 Å². The van der Waals surface area contributed by atoms with Crippen molar-refractivity contribution in [2.75, 3.05) is 0 Å². The van der Waals surface area contributed by atoms with Crippen molar-refractivity contribution in [3.8, 4) is 22.4 Å². The topological polar surface area (TPSA) is 30.2 Å². The molecule has 0 aliphatic rings. The molecule has 4 aromatic rings. The predicted octanol–water partition coefficient (Wildman–Crippen LogP) is 5.33. The molecule has 2 aromatic heterocycles. The van der Waals surface area contributed by atoms with E-state index in [1.807, 2.05) is 48.0 Å². The van der Waals surface area contributed by atoms with Crippen LogP contribution < -0.4 is 0 Å². The first-order valence-corrected chi connectivity index (χ1v) is 8.18. The molecule has 0 N–H and O–H groups in total. The third-order valence-corrected chi connectivity index (χ3v) is 4.43. The van der Waals surface area contributed by atoms with Crippen molar-refractivity contribution in [3.05, 3.63) is 77.1 Å². The molecule has 2 aromatic carbocycles. The highest BCUT2D eigenvalue weighted by molar-refractivity contribution is 6.30. The van der Waals surface area contributed by atoms with Gasteiger partial charge in [0.1, 0.15) is 0 Å². The van der Waals surface area contributed by atoms with Gasteiger partial charge in [0.15, 0.2) is 5.65 Å². The maximum Gasteiger partial charge on any atom is 0.163 e. The molecular weight excluding hydrogens is 318 g/mol. The zero-order valence-corrected chi connectivity index (χ0v) is 14.2. The fraction of sp³-hybridized carbons (Fsp3) is 0.100. The third-order valence-electron chi connectivity index (χ3n) is 4.17. The lowest BCUT2D eigenvalue weighted by molar-refractivity contribution is 0.925. The van der Waals surface area contributed by atoms with Crippen molar-refractivity contribution in [2.45, 2.75) is 13.8 Å². The highest BCUT2D eigenvalue weighted by Crippen LogP contribution is 2.30. The Bertz CT molecular complexity index is 1020. The fourth-order valence-electron chi connectivity index (χ4n) is 2.95. The van der Waals surface area contributed by atoms with Crippen molar-refractivity contribution in [1.29, 1.82) is 0 Å². The predicted molar refractivity (Wildman–Crippen MR) is 98.3 cm³/mol. The van der Waals surface area contributed by atoms with Gasteiger partial charge in [0.25, 0.3) is 0 Å². The molecule has 0 radical (unpaired) electrons. The molecule has 118 valence electrons. The highest BCUT2D eigenvalue weighted by Gasteiger charge is 2.15. The standard InChI is InChI=1S/C20H16ClN3/c1-13-3-5-15(6-4-13)18-11-12-22-20-19(14(2)23-24(18)20)16-7-9-17(21)10-8-16/h3-12H,1-2H3. The van der Waals surface area contributed by atoms with Gasteiger partial charge in [-0.05, 0) is 37.6 Å². The van der Waals surface area contributed by atoms with Crippen LogP contribution in [0.5, 0.6) is 0 Å². The molecule has 0 amide bonds. The van der Waals surface area contributed by atoms with E-state index in [0.29, 0.717) is 0 Å². The average Bonchev–Trinajstić information content (AvgIpc) is 2.92. The Hall–Kier alpha value is -2.65. The summed E-state index contributed by atoms with van der Waals surface area (Å²) in [5.41, 5.74) is 7.31. The Kier molecular flexibility index (Phi) is 3.58. The van der Waals surface area contributed by atoms with E-state index in [4.69, 9.17) is 16.7 Å². The van der Waals surface area contributed by atoms with Crippen LogP contribution in [0.4, 0.5) is 0 Å². The Labute approximate surface area is 145 Å². The summed E-state index contributed by atoms with van der Waals surface area (Å²) in [5, 5.41) is 5.46. The molecule has 0 saturated carbocycles. The summed E-state index contributed by atoms with van der Waals surface area (Å²) in [6.07, 6.45) is 1.84. The maximum absolute atomic E-state index is 6.01. The first-order chi connectivity index (χ1) is 11.6. The molecule has 0 fully saturated rings. The Morgan fingerprint density at radius 1 is 0.833 bits per heavy atom. The largest absolute Gasteiger partial charge is 0.236 e. The summed E-state index contributed by atoms with van der Waals surface area (Å²) in [6, 6.07) is 18.2. The molecule has 3 nitrogen and oxygen atoms in total. The number of aromatic nitrogens is 3. The minimum atomic E-state index is 0.723. The van der Waals surface area contributed by atoms with Gasteiger partial charge in [-0.3, -0.25) is 0 Å². The Morgan fingerprint density at radius 3 is 2.21 bits per heavy atom. The summed E-state index contributed by atoms with van der Waals surface area (Å²) in [6.45, 7) is 4.10. The Balaban J connectivity index is 1.95. The van der Waals surface area contributed by atoms with Crippen molar-refractivity contribution in [3.63, 3.8) is 0 Å². The van der Waals surface area contributed by atoms with Crippen LogP contribution in [0.25, 0.3) is 28.0 Å². The van der Waals surface area contributed by atoms with Gasteiger partial charge in [-0.25, -0.2) is 9.50 Å². The van der Waals surface area contributed by atoms with Crippen LogP contribution >= 0.6 is 11.6 Å². The molecule has 0 aliphatic heterocycles. The maximum atomic E-state index is 6.01. The molecule has 4 heteroatoms. The molecule has 0 spiro atoms. The van der Waals surface area contributed by atoms with Crippen LogP contribution in [-0.2, 0) is 0 Å². The summed E-state index contributed by atoms with van der Waals surface area (Å²) in [7, 11) is 0. The molecule has 0 atom stereocenters. The summed E-state index contributed by atoms with van der Waals surface area (Å²) in [5.74, 6) is 0. The second-order valence-electron chi connectivity index (χ2n) is 5.90. The number of halogens is 1. The second-order valence-corrected chi connectivity index (χ2v) is 6.34. The van der Waals surface area contributed by atoms with E-state index in [9.17, 15) is 0 Å². The first-order valence-electron chi connectivity index (χ1n) is 7.81. The highest BCUT2D eigenvalue weighted by atomic mass is 35.5. The molecule has 0 saturated heterocycles. The van der Waals surface area contributed by atoms with Crippen LogP contribution in [-0.4, -0.2) is 14.6 Å². The molecule has 0 unspecified atom stereocenters. The van der Waals surface area contributed by atoms with E-state index in [1.54, 1.807) is 0 Å². The van der Waals surface area contributed by atoms with Gasteiger partial charge in [-0.1, -0.05) is 53.6 Å². The van der Waals surface area contributed by atoms with Gasteiger partial charge >= 0.3 is 0 Å². The molecular formula is C20H16ClN3. The van der Waals surface area contributed by atoms with Crippen molar-refractivity contribution in [1.82, 2.24) is 14.6 Å². The summed E-state index contributed by atoms with van der Waals surface area (Å²) in [4.78, 5) is 4.57. The Morgan fingerprint density at radius 2 is 1.50 bits per heavy atom. The monoisotopic (exact) mass is 333 g/mol. The third kappa shape index (κ3) is 2.47. The van der Waals surface area contributed by atoms with Gasteiger partial charge in [0.2, 0.25) is 0 Å². The molecule has 4 rings (SSSR count). The van der Waals surface area contributed by atoms with E-state index < -0.39 is 0 Å². The van der Waals surface area contributed by atoms with Crippen LogP contribution in [0.2, 0.25) is 5.02 Å². The quantitative estimate of drug-likeness (QED) is 0.496. The van der Waals surface area contributed by atoms with Crippen molar-refractivity contribution >= 4 is 17.2 Å². The SMILES string of the molecule is Cc1ccc(-c2ccnc3c(-c4ccc(Cl)cc4)c(C)nn23)cc1. The molecule has 24 heavy (non-hydrogen) atoms. The van der Waals surface area contributed by atoms with E-state index in [2.05, 4.69) is 36.2 Å². The number of hydrogen-bond acceptors (Lipinski definition) is 2. The van der Waals surface area contributed by atoms with Gasteiger partial charge in [0, 0.05) is 22.3 Å². The minimum Gasteiger partial charge on any atom is -0.236 e. The fourth-order valence-corrected chi connectivity index (χ4v) is 3.07. The van der Waals surface area contributed by atoms with E-state index in [0.717, 1.165) is 38.7 Å². The van der Waals surface area contributed by atoms with Crippen LogP contribution in [0, 0.1) is 13.8 Å². The number of aryl methyl sites for hydroxylation is 2. The van der Waals surface area contributed by atoms with Crippen LogP contribution in [0.15, 0.2) is 60.8 Å². The number of benzene rings is 2. The molecule has 2 heterocycles. The van der Waals surface area contributed by atoms with E-state index >= 15 is 0 Å². The zero-order valence-electron chi connectivity index (χ0n) is 13.5. The van der Waals surface area contributed by atoms with Crippen LogP contribution in [0.3, 0.4) is 0 Å². The summed E-state index contributed by atoms with van der Waals surface area (Å²) >= 11 is 6.01. The van der Waals surface area contributed by atoms with Gasteiger partial charge in [-0.2, -0.15) is 5.10 Å². The summed E-state index contributed by atoms with van der Waals surface area (Å²) < 4.78 is 1.92. The number of nitrogens with zero attached hydrogens (tertiary/aromatic N) is 3. The second kappa shape index (κ2) is 5.77. The van der Waals surface area contributed by atoms with Gasteiger partial charge < -0.3 is 0 Å². The van der Waals surface area contributed by atoms with Crippen molar-refractivity contribution < 1.29 is 0 Å². The smallest absolute Gasteiger partial charge is 0.163 e. The first kappa shape index (κ1) is 14.9. The van der Waals surface area contributed by atoms with Gasteiger partial charge in [-0.15, -0.1) is 0 Å². The average molecular weight is 334 g/mol. The van der Waals surface area contributed by atoms with Gasteiger partial charge in [0.05, 0.1) is 11.4 Å². The lowest BCUT2D eigenvalue weighted by Gasteiger charge is -2.06. The normalized spacial score (nSPS) is 11.1. The van der Waals surface area contributed by atoms with Crippen molar-refractivity contribution in [2.24, 2.45) is 0 Å². The minimum absolute atomic E-state index is 0.723.